The standard InChI is InChI=1S/C22H20ClFN4O3S/c23-19-9-3-15(13-20(19)32(30,31)27-17-6-4-16(24)5-7-17)22(29)26-18-8-10-21(25-14-18)28-11-1-2-12-28/h3-10,13-14,27H,1-2,11-12H2,(H,26,29). The zero-order valence-corrected chi connectivity index (χ0v) is 18.5. The van der Waals surface area contributed by atoms with Crippen molar-refractivity contribution in [3.05, 3.63) is 77.2 Å². The number of carbonyl (C=O) groups excluding carboxylic acids is 1. The summed E-state index contributed by atoms with van der Waals surface area (Å²) < 4.78 is 40.9. The third-order valence-electron chi connectivity index (χ3n) is 5.02. The molecule has 2 heterocycles. The van der Waals surface area contributed by atoms with Gasteiger partial charge < -0.3 is 10.2 Å². The van der Waals surface area contributed by atoms with Crippen molar-refractivity contribution in [2.45, 2.75) is 17.7 Å². The van der Waals surface area contributed by atoms with Gasteiger partial charge in [-0.1, -0.05) is 11.6 Å². The van der Waals surface area contributed by atoms with Crippen LogP contribution in [0.2, 0.25) is 5.02 Å². The van der Waals surface area contributed by atoms with Crippen LogP contribution >= 0.6 is 11.6 Å². The van der Waals surface area contributed by atoms with E-state index in [1.54, 1.807) is 12.3 Å². The van der Waals surface area contributed by atoms with Crippen molar-refractivity contribution in [3.63, 3.8) is 0 Å². The Morgan fingerprint density at radius 1 is 1.00 bits per heavy atom. The van der Waals surface area contributed by atoms with E-state index >= 15 is 0 Å². The lowest BCUT2D eigenvalue weighted by atomic mass is 10.2. The molecule has 1 amide bonds. The van der Waals surface area contributed by atoms with Crippen molar-refractivity contribution in [3.8, 4) is 0 Å². The fourth-order valence-electron chi connectivity index (χ4n) is 3.38. The van der Waals surface area contributed by atoms with Crippen LogP contribution in [0, 0.1) is 5.82 Å². The first kappa shape index (κ1) is 22.0. The van der Waals surface area contributed by atoms with E-state index in [9.17, 15) is 17.6 Å². The number of nitrogens with zero attached hydrogens (tertiary/aromatic N) is 2. The summed E-state index contributed by atoms with van der Waals surface area (Å²) in [6.45, 7) is 1.93. The minimum Gasteiger partial charge on any atom is -0.357 e. The molecule has 0 atom stereocenters. The molecule has 2 aromatic carbocycles. The van der Waals surface area contributed by atoms with E-state index < -0.39 is 21.7 Å². The molecule has 0 spiro atoms. The molecular formula is C22H20ClFN4O3S. The van der Waals surface area contributed by atoms with E-state index in [1.807, 2.05) is 6.07 Å². The van der Waals surface area contributed by atoms with Gasteiger partial charge in [-0.2, -0.15) is 0 Å². The third kappa shape index (κ3) is 5.00. The topological polar surface area (TPSA) is 91.4 Å². The van der Waals surface area contributed by atoms with Crippen molar-refractivity contribution in [1.29, 1.82) is 0 Å². The van der Waals surface area contributed by atoms with Crippen LogP contribution < -0.4 is 14.9 Å². The highest BCUT2D eigenvalue weighted by molar-refractivity contribution is 7.92. The van der Waals surface area contributed by atoms with Crippen LogP contribution in [0.15, 0.2) is 65.7 Å². The number of halogens is 2. The molecule has 0 saturated carbocycles. The van der Waals surface area contributed by atoms with E-state index in [0.717, 1.165) is 43.9 Å². The Morgan fingerprint density at radius 2 is 1.69 bits per heavy atom. The number of sulfonamides is 1. The third-order valence-corrected chi connectivity index (χ3v) is 6.88. The summed E-state index contributed by atoms with van der Waals surface area (Å²) in [5, 5.41) is 2.66. The molecule has 0 unspecified atom stereocenters. The van der Waals surface area contributed by atoms with Gasteiger partial charge in [0.25, 0.3) is 15.9 Å². The molecule has 1 aliphatic heterocycles. The van der Waals surface area contributed by atoms with Crippen molar-refractivity contribution in [2.75, 3.05) is 28.0 Å². The van der Waals surface area contributed by atoms with Gasteiger partial charge in [0, 0.05) is 24.3 Å². The Hall–Kier alpha value is -3.17. The van der Waals surface area contributed by atoms with Crippen LogP contribution in [0.1, 0.15) is 23.2 Å². The van der Waals surface area contributed by atoms with Crippen LogP contribution in [0.3, 0.4) is 0 Å². The Kier molecular flexibility index (Phi) is 6.29. The van der Waals surface area contributed by atoms with Crippen molar-refractivity contribution in [1.82, 2.24) is 4.98 Å². The van der Waals surface area contributed by atoms with Crippen molar-refractivity contribution >= 4 is 44.7 Å². The van der Waals surface area contributed by atoms with Gasteiger partial charge >= 0.3 is 0 Å². The zero-order valence-electron chi connectivity index (χ0n) is 16.9. The molecule has 1 aromatic heterocycles. The number of anilines is 3. The summed E-state index contributed by atoms with van der Waals surface area (Å²) in [5.74, 6) is -0.143. The smallest absolute Gasteiger partial charge is 0.263 e. The maximum Gasteiger partial charge on any atom is 0.263 e. The SMILES string of the molecule is O=C(Nc1ccc(N2CCCC2)nc1)c1ccc(Cl)c(S(=O)(=O)Nc2ccc(F)cc2)c1. The first-order chi connectivity index (χ1) is 15.3. The molecule has 3 aromatic rings. The summed E-state index contributed by atoms with van der Waals surface area (Å²) in [5.41, 5.74) is 0.765. The maximum atomic E-state index is 13.1. The average Bonchev–Trinajstić information content (AvgIpc) is 3.31. The highest BCUT2D eigenvalue weighted by atomic mass is 35.5. The number of hydrogen-bond acceptors (Lipinski definition) is 5. The number of amides is 1. The Balaban J connectivity index is 1.51. The van der Waals surface area contributed by atoms with E-state index in [2.05, 4.69) is 19.9 Å². The molecule has 1 fully saturated rings. The summed E-state index contributed by atoms with van der Waals surface area (Å²) in [4.78, 5) is 19.0. The summed E-state index contributed by atoms with van der Waals surface area (Å²) in [6.07, 6.45) is 3.84. The lowest BCUT2D eigenvalue weighted by Crippen LogP contribution is -2.19. The van der Waals surface area contributed by atoms with E-state index in [0.29, 0.717) is 5.69 Å². The first-order valence-electron chi connectivity index (χ1n) is 9.92. The molecule has 0 bridgehead atoms. The second-order valence-corrected chi connectivity index (χ2v) is 9.37. The zero-order chi connectivity index (χ0) is 22.7. The van der Waals surface area contributed by atoms with Crippen LogP contribution in [-0.4, -0.2) is 32.4 Å². The fraction of sp³-hybridized carbons (Fsp3) is 0.182. The highest BCUT2D eigenvalue weighted by Gasteiger charge is 2.21. The lowest BCUT2D eigenvalue weighted by Gasteiger charge is -2.16. The van der Waals surface area contributed by atoms with E-state index in [4.69, 9.17) is 11.6 Å². The number of benzene rings is 2. The van der Waals surface area contributed by atoms with Crippen LogP contribution in [0.4, 0.5) is 21.6 Å². The number of rotatable bonds is 6. The van der Waals surface area contributed by atoms with Gasteiger partial charge in [0.05, 0.1) is 16.9 Å². The maximum absolute atomic E-state index is 13.1. The van der Waals surface area contributed by atoms with Gasteiger partial charge in [-0.25, -0.2) is 17.8 Å². The van der Waals surface area contributed by atoms with Gasteiger partial charge in [0.2, 0.25) is 0 Å². The van der Waals surface area contributed by atoms with Crippen LogP contribution in [-0.2, 0) is 10.0 Å². The van der Waals surface area contributed by atoms with Gasteiger partial charge in [-0.3, -0.25) is 9.52 Å². The molecule has 2 N–H and O–H groups in total. The molecule has 4 rings (SSSR count). The number of aromatic nitrogens is 1. The molecule has 0 aliphatic carbocycles. The number of hydrogen-bond donors (Lipinski definition) is 2. The van der Waals surface area contributed by atoms with Gasteiger partial charge in [-0.05, 0) is 67.4 Å². The van der Waals surface area contributed by atoms with Crippen molar-refractivity contribution in [2.24, 2.45) is 0 Å². The fourth-order valence-corrected chi connectivity index (χ4v) is 4.96. The average molecular weight is 475 g/mol. The predicted octanol–water partition coefficient (Wildman–Crippen LogP) is 4.53. The molecule has 7 nitrogen and oxygen atoms in total. The Bertz CT molecular complexity index is 1230. The van der Waals surface area contributed by atoms with E-state index in [-0.39, 0.29) is 21.2 Å². The number of pyridine rings is 1. The second kappa shape index (κ2) is 9.13. The first-order valence-corrected chi connectivity index (χ1v) is 11.8. The summed E-state index contributed by atoms with van der Waals surface area (Å²) >= 11 is 6.09. The monoisotopic (exact) mass is 474 g/mol. The largest absolute Gasteiger partial charge is 0.357 e. The van der Waals surface area contributed by atoms with Crippen LogP contribution in [0.5, 0.6) is 0 Å². The molecule has 166 valence electrons. The van der Waals surface area contributed by atoms with Gasteiger partial charge in [-0.15, -0.1) is 0 Å². The molecule has 10 heteroatoms. The normalized spacial score (nSPS) is 13.8. The molecule has 32 heavy (non-hydrogen) atoms. The van der Waals surface area contributed by atoms with Gasteiger partial charge in [0.1, 0.15) is 16.5 Å². The molecular weight excluding hydrogens is 455 g/mol. The quantitative estimate of drug-likeness (QED) is 0.547. The molecule has 0 radical (unpaired) electrons. The highest BCUT2D eigenvalue weighted by Crippen LogP contribution is 2.26. The Morgan fingerprint density at radius 3 is 2.34 bits per heavy atom. The molecule has 1 saturated heterocycles. The summed E-state index contributed by atoms with van der Waals surface area (Å²) in [7, 11) is -4.10. The van der Waals surface area contributed by atoms with Crippen LogP contribution in [0.25, 0.3) is 0 Å². The van der Waals surface area contributed by atoms with E-state index in [1.165, 1.54) is 30.3 Å². The number of nitrogens with one attached hydrogen (secondary N) is 2. The minimum atomic E-state index is -4.10. The predicted molar refractivity (Wildman–Crippen MR) is 122 cm³/mol. The summed E-state index contributed by atoms with van der Waals surface area (Å²) in [6, 6.07) is 12.4. The lowest BCUT2D eigenvalue weighted by molar-refractivity contribution is 0.102. The van der Waals surface area contributed by atoms with Crippen molar-refractivity contribution < 1.29 is 17.6 Å². The number of carbonyl (C=O) groups is 1. The molecule has 1 aliphatic rings. The van der Waals surface area contributed by atoms with Gasteiger partial charge in [0.15, 0.2) is 0 Å². The minimum absolute atomic E-state index is 0.0483. The second-order valence-electron chi connectivity index (χ2n) is 7.31. The Labute approximate surface area is 190 Å².